The van der Waals surface area contributed by atoms with Crippen molar-refractivity contribution in [2.24, 2.45) is 5.73 Å². The van der Waals surface area contributed by atoms with Gasteiger partial charge in [-0.3, -0.25) is 0 Å². The molecule has 1 heterocycles. The van der Waals surface area contributed by atoms with E-state index < -0.39 is 0 Å². The molecular formula is C13H20N2O. The summed E-state index contributed by atoms with van der Waals surface area (Å²) in [5.41, 5.74) is 8.45. The van der Waals surface area contributed by atoms with E-state index in [2.05, 4.69) is 24.4 Å². The Bertz CT molecular complexity index is 363. The largest absolute Gasteiger partial charge is 0.494 e. The molecule has 0 aromatic heterocycles. The van der Waals surface area contributed by atoms with Gasteiger partial charge in [-0.25, -0.2) is 0 Å². The number of benzene rings is 1. The highest BCUT2D eigenvalue weighted by Gasteiger charge is 2.23. The molecule has 3 heteroatoms. The van der Waals surface area contributed by atoms with Crippen LogP contribution in [0.3, 0.4) is 0 Å². The third-order valence-electron chi connectivity index (χ3n) is 2.97. The van der Waals surface area contributed by atoms with E-state index in [0.717, 1.165) is 18.7 Å². The molecule has 0 aliphatic carbocycles. The van der Waals surface area contributed by atoms with Crippen molar-refractivity contribution in [3.05, 3.63) is 23.8 Å². The Hall–Kier alpha value is -1.22. The van der Waals surface area contributed by atoms with Crippen molar-refractivity contribution in [2.75, 3.05) is 18.5 Å². The standard InChI is InChI=1S/C13H20N2O/c1-3-16-11-4-5-13-12(7-11)10(8-15-13)6-9(2)14/h4-5,7,9-10,15H,3,6,8,14H2,1-2H3. The second kappa shape index (κ2) is 4.74. The van der Waals surface area contributed by atoms with Gasteiger partial charge in [0.1, 0.15) is 5.75 Å². The van der Waals surface area contributed by atoms with Gasteiger partial charge >= 0.3 is 0 Å². The number of hydrogen-bond donors (Lipinski definition) is 2. The Kier molecular flexibility index (Phi) is 3.34. The fourth-order valence-corrected chi connectivity index (χ4v) is 2.30. The summed E-state index contributed by atoms with van der Waals surface area (Å²) in [6.45, 7) is 5.77. The van der Waals surface area contributed by atoms with Crippen LogP contribution in [-0.2, 0) is 0 Å². The lowest BCUT2D eigenvalue weighted by Gasteiger charge is -2.13. The molecule has 1 aromatic rings. The second-order valence-corrected chi connectivity index (χ2v) is 4.47. The molecule has 0 saturated heterocycles. The maximum Gasteiger partial charge on any atom is 0.119 e. The van der Waals surface area contributed by atoms with Crippen LogP contribution < -0.4 is 15.8 Å². The highest BCUT2D eigenvalue weighted by molar-refractivity contribution is 5.60. The van der Waals surface area contributed by atoms with E-state index >= 15 is 0 Å². The minimum Gasteiger partial charge on any atom is -0.494 e. The fraction of sp³-hybridized carbons (Fsp3) is 0.538. The van der Waals surface area contributed by atoms with Gasteiger partial charge in [-0.1, -0.05) is 0 Å². The first kappa shape index (κ1) is 11.3. The van der Waals surface area contributed by atoms with Crippen LogP contribution in [0.1, 0.15) is 31.7 Å². The third-order valence-corrected chi connectivity index (χ3v) is 2.97. The minimum absolute atomic E-state index is 0.244. The summed E-state index contributed by atoms with van der Waals surface area (Å²) in [7, 11) is 0. The van der Waals surface area contributed by atoms with E-state index in [-0.39, 0.29) is 6.04 Å². The highest BCUT2D eigenvalue weighted by Crippen LogP contribution is 2.36. The van der Waals surface area contributed by atoms with Crippen molar-refractivity contribution in [2.45, 2.75) is 32.2 Å². The van der Waals surface area contributed by atoms with Crippen molar-refractivity contribution in [1.29, 1.82) is 0 Å². The molecule has 2 atom stereocenters. The fourth-order valence-electron chi connectivity index (χ4n) is 2.30. The number of nitrogens with two attached hydrogens (primary N) is 1. The maximum atomic E-state index is 5.87. The summed E-state index contributed by atoms with van der Waals surface area (Å²) in [6, 6.07) is 6.50. The number of fused-ring (bicyclic) bond motifs is 1. The first-order valence-corrected chi connectivity index (χ1v) is 5.97. The van der Waals surface area contributed by atoms with Gasteiger partial charge in [0, 0.05) is 24.2 Å². The van der Waals surface area contributed by atoms with Gasteiger partial charge in [0.15, 0.2) is 0 Å². The van der Waals surface area contributed by atoms with Crippen LogP contribution in [0.4, 0.5) is 5.69 Å². The number of ether oxygens (including phenoxy) is 1. The number of hydrogen-bond acceptors (Lipinski definition) is 3. The summed E-state index contributed by atoms with van der Waals surface area (Å²) in [5, 5.41) is 3.41. The predicted molar refractivity (Wildman–Crippen MR) is 67.1 cm³/mol. The molecule has 0 amide bonds. The van der Waals surface area contributed by atoms with Crippen LogP contribution in [0.25, 0.3) is 0 Å². The van der Waals surface area contributed by atoms with Crippen molar-refractivity contribution in [3.8, 4) is 5.75 Å². The predicted octanol–water partition coefficient (Wildman–Crippen LogP) is 2.33. The molecule has 2 rings (SSSR count). The van der Waals surface area contributed by atoms with E-state index in [0.29, 0.717) is 12.5 Å². The van der Waals surface area contributed by atoms with Crippen LogP contribution in [0.2, 0.25) is 0 Å². The Morgan fingerprint density at radius 3 is 3.06 bits per heavy atom. The lowest BCUT2D eigenvalue weighted by Crippen LogP contribution is -2.19. The summed E-state index contributed by atoms with van der Waals surface area (Å²) in [6.07, 6.45) is 1.02. The van der Waals surface area contributed by atoms with E-state index in [1.807, 2.05) is 13.0 Å². The average Bonchev–Trinajstić information content (AvgIpc) is 2.61. The van der Waals surface area contributed by atoms with E-state index in [4.69, 9.17) is 10.5 Å². The number of rotatable bonds is 4. The van der Waals surface area contributed by atoms with Gasteiger partial charge in [0.2, 0.25) is 0 Å². The average molecular weight is 220 g/mol. The summed E-state index contributed by atoms with van der Waals surface area (Å²) < 4.78 is 5.53. The zero-order valence-electron chi connectivity index (χ0n) is 9.99. The molecule has 0 saturated carbocycles. The maximum absolute atomic E-state index is 5.87. The van der Waals surface area contributed by atoms with E-state index in [9.17, 15) is 0 Å². The van der Waals surface area contributed by atoms with Crippen molar-refractivity contribution in [1.82, 2.24) is 0 Å². The van der Waals surface area contributed by atoms with Crippen molar-refractivity contribution in [3.63, 3.8) is 0 Å². The Labute approximate surface area is 97.0 Å². The topological polar surface area (TPSA) is 47.3 Å². The SMILES string of the molecule is CCOc1ccc2c(c1)C(CC(C)N)CN2. The summed E-state index contributed by atoms with van der Waals surface area (Å²) in [5.74, 6) is 1.48. The van der Waals surface area contributed by atoms with Gasteiger partial charge in [-0.2, -0.15) is 0 Å². The zero-order chi connectivity index (χ0) is 11.5. The van der Waals surface area contributed by atoms with Gasteiger partial charge in [-0.15, -0.1) is 0 Å². The molecule has 1 aromatic carbocycles. The second-order valence-electron chi connectivity index (χ2n) is 4.47. The van der Waals surface area contributed by atoms with Gasteiger partial charge in [0.05, 0.1) is 6.61 Å². The molecule has 3 N–H and O–H groups in total. The van der Waals surface area contributed by atoms with Crippen LogP contribution in [0.5, 0.6) is 5.75 Å². The molecule has 0 radical (unpaired) electrons. The van der Waals surface area contributed by atoms with Crippen LogP contribution in [0, 0.1) is 0 Å². The molecule has 88 valence electrons. The van der Waals surface area contributed by atoms with Crippen LogP contribution in [0.15, 0.2) is 18.2 Å². The molecule has 3 nitrogen and oxygen atoms in total. The minimum atomic E-state index is 0.244. The summed E-state index contributed by atoms with van der Waals surface area (Å²) >= 11 is 0. The Morgan fingerprint density at radius 1 is 1.56 bits per heavy atom. The van der Waals surface area contributed by atoms with Gasteiger partial charge < -0.3 is 15.8 Å². The normalized spacial score (nSPS) is 20.1. The molecular weight excluding hydrogens is 200 g/mol. The lowest BCUT2D eigenvalue weighted by atomic mass is 9.95. The number of nitrogens with one attached hydrogen (secondary N) is 1. The molecule has 0 fully saturated rings. The molecule has 16 heavy (non-hydrogen) atoms. The van der Waals surface area contributed by atoms with Crippen molar-refractivity contribution >= 4 is 5.69 Å². The van der Waals surface area contributed by atoms with E-state index in [1.54, 1.807) is 0 Å². The smallest absolute Gasteiger partial charge is 0.119 e. The van der Waals surface area contributed by atoms with Crippen LogP contribution in [-0.4, -0.2) is 19.2 Å². The molecule has 0 spiro atoms. The molecule has 0 bridgehead atoms. The first-order chi connectivity index (χ1) is 7.70. The monoisotopic (exact) mass is 220 g/mol. The van der Waals surface area contributed by atoms with Gasteiger partial charge in [0.25, 0.3) is 0 Å². The highest BCUT2D eigenvalue weighted by atomic mass is 16.5. The third kappa shape index (κ3) is 2.30. The Balaban J connectivity index is 2.19. The van der Waals surface area contributed by atoms with E-state index in [1.165, 1.54) is 11.3 Å². The zero-order valence-corrected chi connectivity index (χ0v) is 9.99. The quantitative estimate of drug-likeness (QED) is 0.818. The first-order valence-electron chi connectivity index (χ1n) is 5.97. The van der Waals surface area contributed by atoms with Crippen molar-refractivity contribution < 1.29 is 4.74 Å². The lowest BCUT2D eigenvalue weighted by molar-refractivity contribution is 0.340. The number of anilines is 1. The summed E-state index contributed by atoms with van der Waals surface area (Å²) in [4.78, 5) is 0. The molecule has 2 unspecified atom stereocenters. The Morgan fingerprint density at radius 2 is 2.38 bits per heavy atom. The molecule has 1 aliphatic heterocycles. The molecule has 1 aliphatic rings. The van der Waals surface area contributed by atoms with Crippen LogP contribution >= 0.6 is 0 Å². The van der Waals surface area contributed by atoms with Gasteiger partial charge in [-0.05, 0) is 44.0 Å².